The molecule has 1 heterocycles. The van der Waals surface area contributed by atoms with Crippen LogP contribution in [0.4, 0.5) is 0 Å². The molecule has 0 N–H and O–H groups in total. The van der Waals surface area contributed by atoms with Crippen LogP contribution >= 0.6 is 11.6 Å². The molecular formula is C28H18ClN3. The molecule has 0 aliphatic rings. The van der Waals surface area contributed by atoms with Gasteiger partial charge in [-0.25, -0.2) is 4.68 Å². The third-order valence-electron chi connectivity index (χ3n) is 5.82. The quantitative estimate of drug-likeness (QED) is 0.289. The third-order valence-corrected chi connectivity index (χ3v) is 6.15. The Hall–Kier alpha value is -3.95. The first-order chi connectivity index (χ1) is 15.8. The van der Waals surface area contributed by atoms with Crippen molar-refractivity contribution in [2.75, 3.05) is 0 Å². The van der Waals surface area contributed by atoms with E-state index in [-0.39, 0.29) is 0 Å². The van der Waals surface area contributed by atoms with Crippen LogP contribution in [0.3, 0.4) is 0 Å². The highest BCUT2D eigenvalue weighted by atomic mass is 35.5. The molecule has 0 spiro atoms. The first-order valence-corrected chi connectivity index (χ1v) is 10.8. The molecule has 6 aromatic rings. The lowest BCUT2D eigenvalue weighted by Crippen LogP contribution is -1.98. The summed E-state index contributed by atoms with van der Waals surface area (Å²) < 4.78 is 1.93. The van der Waals surface area contributed by atoms with Crippen LogP contribution < -0.4 is 0 Å². The summed E-state index contributed by atoms with van der Waals surface area (Å²) >= 11 is 6.39. The van der Waals surface area contributed by atoms with Crippen molar-refractivity contribution in [1.29, 1.82) is 0 Å². The van der Waals surface area contributed by atoms with Crippen LogP contribution in [0.5, 0.6) is 0 Å². The molecule has 0 saturated heterocycles. The fraction of sp³-hybridized carbons (Fsp3) is 0. The second-order valence-electron chi connectivity index (χ2n) is 7.76. The Bertz CT molecular complexity index is 1580. The smallest absolute Gasteiger partial charge is 0.113 e. The molecule has 5 aromatic carbocycles. The van der Waals surface area contributed by atoms with E-state index in [1.807, 2.05) is 47.1 Å². The number of aromatic nitrogens is 3. The van der Waals surface area contributed by atoms with E-state index in [2.05, 4.69) is 77.0 Å². The van der Waals surface area contributed by atoms with Gasteiger partial charge in [0, 0.05) is 16.0 Å². The Morgan fingerprint density at radius 1 is 0.625 bits per heavy atom. The van der Waals surface area contributed by atoms with Gasteiger partial charge in [0.2, 0.25) is 0 Å². The van der Waals surface area contributed by atoms with Gasteiger partial charge >= 0.3 is 0 Å². The monoisotopic (exact) mass is 431 g/mol. The number of halogens is 1. The predicted octanol–water partition coefficient (Wildman–Crippen LogP) is 7.56. The molecule has 0 fully saturated rings. The average Bonchev–Trinajstić information content (AvgIpc) is 3.28. The van der Waals surface area contributed by atoms with Gasteiger partial charge in [0.05, 0.1) is 11.2 Å². The molecule has 0 radical (unpaired) electrons. The number of fused-ring (bicyclic) bond motifs is 2. The van der Waals surface area contributed by atoms with Crippen LogP contribution in [0, 0.1) is 0 Å². The van der Waals surface area contributed by atoms with Gasteiger partial charge in [0.1, 0.15) is 5.52 Å². The second-order valence-corrected chi connectivity index (χ2v) is 8.17. The molecule has 4 heteroatoms. The highest BCUT2D eigenvalue weighted by Crippen LogP contribution is 2.33. The lowest BCUT2D eigenvalue weighted by molar-refractivity contribution is 0.829. The van der Waals surface area contributed by atoms with E-state index in [0.29, 0.717) is 0 Å². The summed E-state index contributed by atoms with van der Waals surface area (Å²) in [5, 5.41) is 11.9. The SMILES string of the molecule is Clc1ccccc1-c1ccc(-c2cc(-n3nnc4ccccc43)c3ccccc3c2)cc1. The maximum Gasteiger partial charge on any atom is 0.113 e. The van der Waals surface area contributed by atoms with Crippen molar-refractivity contribution in [3.05, 3.63) is 114 Å². The van der Waals surface area contributed by atoms with Gasteiger partial charge in [-0.3, -0.25) is 0 Å². The molecule has 0 unspecified atom stereocenters. The molecule has 6 rings (SSSR count). The predicted molar refractivity (Wildman–Crippen MR) is 132 cm³/mol. The molecule has 0 aliphatic carbocycles. The Labute approximate surface area is 190 Å². The fourth-order valence-electron chi connectivity index (χ4n) is 4.22. The lowest BCUT2D eigenvalue weighted by Gasteiger charge is -2.12. The van der Waals surface area contributed by atoms with Gasteiger partial charge in [-0.05, 0) is 52.4 Å². The van der Waals surface area contributed by atoms with E-state index in [0.717, 1.165) is 54.8 Å². The van der Waals surface area contributed by atoms with Gasteiger partial charge in [0.15, 0.2) is 0 Å². The Kier molecular flexibility index (Phi) is 4.48. The van der Waals surface area contributed by atoms with E-state index in [1.54, 1.807) is 0 Å². The van der Waals surface area contributed by atoms with Crippen molar-refractivity contribution >= 4 is 33.4 Å². The number of hydrogen-bond acceptors (Lipinski definition) is 2. The van der Waals surface area contributed by atoms with E-state index in [1.165, 1.54) is 0 Å². The minimum absolute atomic E-state index is 0.756. The summed E-state index contributed by atoms with van der Waals surface area (Å²) in [5.41, 5.74) is 7.29. The largest absolute Gasteiger partial charge is 0.212 e. The summed E-state index contributed by atoms with van der Waals surface area (Å²) in [6.45, 7) is 0. The standard InChI is InChI=1S/C28H18ClN3/c29-25-10-4-3-8-23(25)20-15-13-19(14-16-20)22-17-21-7-1-2-9-24(21)28(18-22)32-27-12-6-5-11-26(27)30-31-32/h1-18H. The van der Waals surface area contributed by atoms with Crippen LogP contribution in [0.2, 0.25) is 5.02 Å². The molecule has 0 amide bonds. The van der Waals surface area contributed by atoms with Crippen LogP contribution in [0.25, 0.3) is 49.7 Å². The third kappa shape index (κ3) is 3.15. The van der Waals surface area contributed by atoms with Crippen molar-refractivity contribution in [1.82, 2.24) is 15.0 Å². The Balaban J connectivity index is 1.51. The Morgan fingerprint density at radius 3 is 2.22 bits per heavy atom. The van der Waals surface area contributed by atoms with E-state index >= 15 is 0 Å². The van der Waals surface area contributed by atoms with Gasteiger partial charge in [0.25, 0.3) is 0 Å². The Morgan fingerprint density at radius 2 is 1.34 bits per heavy atom. The summed E-state index contributed by atoms with van der Waals surface area (Å²) in [6, 6.07) is 37.3. The number of hydrogen-bond donors (Lipinski definition) is 0. The zero-order chi connectivity index (χ0) is 21.5. The van der Waals surface area contributed by atoms with Gasteiger partial charge < -0.3 is 0 Å². The summed E-state index contributed by atoms with van der Waals surface area (Å²) in [7, 11) is 0. The summed E-state index contributed by atoms with van der Waals surface area (Å²) in [6.07, 6.45) is 0. The van der Waals surface area contributed by atoms with Crippen molar-refractivity contribution in [2.24, 2.45) is 0 Å². The average molecular weight is 432 g/mol. The maximum atomic E-state index is 6.39. The molecule has 0 atom stereocenters. The highest BCUT2D eigenvalue weighted by Gasteiger charge is 2.12. The van der Waals surface area contributed by atoms with Crippen LogP contribution in [-0.4, -0.2) is 15.0 Å². The molecule has 32 heavy (non-hydrogen) atoms. The molecular weight excluding hydrogens is 414 g/mol. The number of para-hydroxylation sites is 1. The van der Waals surface area contributed by atoms with E-state index in [9.17, 15) is 0 Å². The minimum Gasteiger partial charge on any atom is -0.212 e. The van der Waals surface area contributed by atoms with Crippen molar-refractivity contribution in [3.63, 3.8) is 0 Å². The summed E-state index contributed by atoms with van der Waals surface area (Å²) in [4.78, 5) is 0. The van der Waals surface area contributed by atoms with Gasteiger partial charge in [-0.2, -0.15) is 0 Å². The zero-order valence-electron chi connectivity index (χ0n) is 17.1. The molecule has 3 nitrogen and oxygen atoms in total. The van der Waals surface area contributed by atoms with Gasteiger partial charge in [-0.15, -0.1) is 5.10 Å². The van der Waals surface area contributed by atoms with E-state index < -0.39 is 0 Å². The number of nitrogens with zero attached hydrogens (tertiary/aromatic N) is 3. The zero-order valence-corrected chi connectivity index (χ0v) is 17.9. The summed E-state index contributed by atoms with van der Waals surface area (Å²) in [5.74, 6) is 0. The molecule has 1 aromatic heterocycles. The topological polar surface area (TPSA) is 30.7 Å². The van der Waals surface area contributed by atoms with Gasteiger partial charge in [-0.1, -0.05) is 95.7 Å². The highest BCUT2D eigenvalue weighted by molar-refractivity contribution is 6.33. The van der Waals surface area contributed by atoms with E-state index in [4.69, 9.17) is 11.6 Å². The van der Waals surface area contributed by atoms with Crippen molar-refractivity contribution in [2.45, 2.75) is 0 Å². The van der Waals surface area contributed by atoms with Crippen molar-refractivity contribution < 1.29 is 0 Å². The van der Waals surface area contributed by atoms with Crippen LogP contribution in [-0.2, 0) is 0 Å². The molecule has 0 saturated carbocycles. The second kappa shape index (κ2) is 7.63. The molecule has 0 bridgehead atoms. The molecule has 152 valence electrons. The van der Waals surface area contributed by atoms with Crippen molar-refractivity contribution in [3.8, 4) is 27.9 Å². The normalized spacial score (nSPS) is 11.3. The van der Waals surface area contributed by atoms with Crippen LogP contribution in [0.1, 0.15) is 0 Å². The maximum absolute atomic E-state index is 6.39. The first-order valence-electron chi connectivity index (χ1n) is 10.5. The minimum atomic E-state index is 0.756. The first kappa shape index (κ1) is 18.8. The van der Waals surface area contributed by atoms with Crippen LogP contribution in [0.15, 0.2) is 109 Å². The molecule has 0 aliphatic heterocycles. The lowest BCUT2D eigenvalue weighted by atomic mass is 9.97. The fourth-order valence-corrected chi connectivity index (χ4v) is 4.46. The number of rotatable bonds is 3. The number of benzene rings is 5.